The Morgan fingerprint density at radius 1 is 1.06 bits per heavy atom. The molecule has 0 heterocycles. The van der Waals surface area contributed by atoms with Crippen molar-refractivity contribution in [3.63, 3.8) is 0 Å². The maximum absolute atomic E-state index is 12.5. The molecule has 0 unspecified atom stereocenters. The smallest absolute Gasteiger partial charge is 0.318 e. The number of nitro benzene ring substituents is 2. The van der Waals surface area contributed by atoms with Gasteiger partial charge in [0.2, 0.25) is 5.75 Å². The van der Waals surface area contributed by atoms with Crippen LogP contribution in [-0.2, 0) is 4.79 Å². The molecule has 0 aliphatic rings. The maximum Gasteiger partial charge on any atom is 0.318 e. The first-order chi connectivity index (χ1) is 16.7. The summed E-state index contributed by atoms with van der Waals surface area (Å²) in [5, 5.41) is 34.5. The number of non-ortho nitro benzene ring substituents is 1. The third-order valence-electron chi connectivity index (χ3n) is 4.52. The van der Waals surface area contributed by atoms with Gasteiger partial charge in [-0.05, 0) is 57.9 Å². The largest absolute Gasteiger partial charge is 0.493 e. The average molecular weight is 539 g/mol. The number of anilines is 1. The van der Waals surface area contributed by atoms with Crippen LogP contribution in [0.1, 0.15) is 5.56 Å². The SMILES string of the molecule is COc1cc(/C=C(/C#N)C(=O)Nc2ccccc2)cc(Br)c1Oc1ccc([N+](=O)[O-])cc1[N+](=O)[O-]. The van der Waals surface area contributed by atoms with Crippen molar-refractivity contribution in [3.8, 4) is 23.3 Å². The summed E-state index contributed by atoms with van der Waals surface area (Å²) in [6.45, 7) is 0. The number of halogens is 1. The molecular formula is C23H15BrN4O7. The van der Waals surface area contributed by atoms with Crippen LogP contribution >= 0.6 is 15.9 Å². The van der Waals surface area contributed by atoms with Crippen LogP contribution in [-0.4, -0.2) is 22.9 Å². The molecule has 0 bridgehead atoms. The Morgan fingerprint density at radius 3 is 2.37 bits per heavy atom. The molecule has 0 spiro atoms. The van der Waals surface area contributed by atoms with Crippen LogP contribution < -0.4 is 14.8 Å². The molecule has 1 N–H and O–H groups in total. The summed E-state index contributed by atoms with van der Waals surface area (Å²) in [5.41, 5.74) is -0.331. The number of hydrogen-bond acceptors (Lipinski definition) is 8. The van der Waals surface area contributed by atoms with Crippen LogP contribution in [0.15, 0.2) is 70.7 Å². The van der Waals surface area contributed by atoms with E-state index in [1.807, 2.05) is 6.07 Å². The minimum Gasteiger partial charge on any atom is -0.493 e. The van der Waals surface area contributed by atoms with Crippen molar-refractivity contribution in [2.24, 2.45) is 0 Å². The molecule has 0 radical (unpaired) electrons. The number of rotatable bonds is 8. The highest BCUT2D eigenvalue weighted by atomic mass is 79.9. The highest BCUT2D eigenvalue weighted by Gasteiger charge is 2.23. The quantitative estimate of drug-likeness (QED) is 0.167. The number of methoxy groups -OCH3 is 1. The second-order valence-corrected chi connectivity index (χ2v) is 7.65. The lowest BCUT2D eigenvalue weighted by Crippen LogP contribution is -2.13. The fourth-order valence-corrected chi connectivity index (χ4v) is 3.46. The maximum atomic E-state index is 12.5. The van der Waals surface area contributed by atoms with E-state index in [1.54, 1.807) is 30.3 Å². The van der Waals surface area contributed by atoms with E-state index in [2.05, 4.69) is 21.2 Å². The van der Waals surface area contributed by atoms with Crippen molar-refractivity contribution < 1.29 is 24.1 Å². The van der Waals surface area contributed by atoms with Gasteiger partial charge in [-0.3, -0.25) is 25.0 Å². The molecule has 3 aromatic carbocycles. The summed E-state index contributed by atoms with van der Waals surface area (Å²) >= 11 is 3.30. The van der Waals surface area contributed by atoms with Crippen LogP contribution in [0.3, 0.4) is 0 Å². The molecule has 35 heavy (non-hydrogen) atoms. The molecule has 176 valence electrons. The zero-order valence-corrected chi connectivity index (χ0v) is 19.5. The molecule has 0 aromatic heterocycles. The van der Waals surface area contributed by atoms with E-state index in [0.29, 0.717) is 11.3 Å². The second-order valence-electron chi connectivity index (χ2n) is 6.79. The molecular weight excluding hydrogens is 524 g/mol. The van der Waals surface area contributed by atoms with Crippen molar-refractivity contribution in [2.75, 3.05) is 12.4 Å². The van der Waals surface area contributed by atoms with E-state index in [9.17, 15) is 30.3 Å². The van der Waals surface area contributed by atoms with E-state index in [1.165, 1.54) is 25.3 Å². The molecule has 3 rings (SSSR count). The summed E-state index contributed by atoms with van der Waals surface area (Å²) in [7, 11) is 1.33. The number of carbonyl (C=O) groups is 1. The van der Waals surface area contributed by atoms with E-state index < -0.39 is 27.1 Å². The van der Waals surface area contributed by atoms with Gasteiger partial charge in [0.05, 0.1) is 27.5 Å². The molecule has 1 amide bonds. The topological polar surface area (TPSA) is 158 Å². The number of amides is 1. The number of ether oxygens (including phenoxy) is 2. The molecule has 11 nitrogen and oxygen atoms in total. The highest BCUT2D eigenvalue weighted by Crippen LogP contribution is 2.43. The Balaban J connectivity index is 1.95. The number of nitro groups is 2. The fraction of sp³-hybridized carbons (Fsp3) is 0.0435. The Labute approximate surface area is 206 Å². The van der Waals surface area contributed by atoms with Gasteiger partial charge < -0.3 is 14.8 Å². The van der Waals surface area contributed by atoms with Gasteiger partial charge in [0.25, 0.3) is 11.6 Å². The number of nitriles is 1. The minimum absolute atomic E-state index is 0.0499. The molecule has 0 fully saturated rings. The van der Waals surface area contributed by atoms with Crippen LogP contribution in [0.2, 0.25) is 0 Å². The number of para-hydroxylation sites is 1. The van der Waals surface area contributed by atoms with Crippen molar-refractivity contribution in [1.82, 2.24) is 0 Å². The van der Waals surface area contributed by atoms with Crippen molar-refractivity contribution in [2.45, 2.75) is 0 Å². The fourth-order valence-electron chi connectivity index (χ4n) is 2.92. The lowest BCUT2D eigenvalue weighted by molar-refractivity contribution is -0.394. The number of carbonyl (C=O) groups excluding carboxylic acids is 1. The van der Waals surface area contributed by atoms with Crippen molar-refractivity contribution >= 4 is 45.0 Å². The first kappa shape index (κ1) is 24.9. The van der Waals surface area contributed by atoms with E-state index in [0.717, 1.165) is 18.2 Å². The Hall–Kier alpha value is -4.76. The Bertz CT molecular complexity index is 1380. The highest BCUT2D eigenvalue weighted by molar-refractivity contribution is 9.10. The van der Waals surface area contributed by atoms with Crippen molar-refractivity contribution in [3.05, 3.63) is 96.5 Å². The van der Waals surface area contributed by atoms with Crippen LogP contribution in [0.5, 0.6) is 17.2 Å². The Kier molecular flexibility index (Phi) is 7.75. The lowest BCUT2D eigenvalue weighted by atomic mass is 10.1. The first-order valence-corrected chi connectivity index (χ1v) is 10.5. The molecule has 0 saturated heterocycles. The predicted molar refractivity (Wildman–Crippen MR) is 129 cm³/mol. The molecule has 0 aliphatic heterocycles. The van der Waals surface area contributed by atoms with Crippen molar-refractivity contribution in [1.29, 1.82) is 5.26 Å². The summed E-state index contributed by atoms with van der Waals surface area (Å²) in [6, 6.07) is 16.4. The van der Waals surface area contributed by atoms with Gasteiger partial charge in [0.15, 0.2) is 11.5 Å². The Morgan fingerprint density at radius 2 is 1.77 bits per heavy atom. The number of hydrogen-bond donors (Lipinski definition) is 1. The van der Waals surface area contributed by atoms with Gasteiger partial charge in [0.1, 0.15) is 11.6 Å². The minimum atomic E-state index is -0.801. The van der Waals surface area contributed by atoms with Crippen LogP contribution in [0, 0.1) is 31.6 Å². The number of nitrogens with zero attached hydrogens (tertiary/aromatic N) is 3. The van der Waals surface area contributed by atoms with Gasteiger partial charge in [-0.2, -0.15) is 5.26 Å². The second kappa shape index (κ2) is 10.9. The van der Waals surface area contributed by atoms with Crippen LogP contribution in [0.25, 0.3) is 6.08 Å². The molecule has 0 saturated carbocycles. The normalized spacial score (nSPS) is 10.7. The predicted octanol–water partition coefficient (Wildman–Crippen LogP) is 5.61. The van der Waals surface area contributed by atoms with Gasteiger partial charge in [-0.1, -0.05) is 18.2 Å². The van der Waals surface area contributed by atoms with Gasteiger partial charge in [0, 0.05) is 11.8 Å². The lowest BCUT2D eigenvalue weighted by Gasteiger charge is -2.13. The first-order valence-electron chi connectivity index (χ1n) is 9.70. The van der Waals surface area contributed by atoms with Gasteiger partial charge >= 0.3 is 5.69 Å². The standard InChI is InChI=1S/C23H15BrN4O7/c1-34-21-11-14(9-15(13-25)23(29)26-16-5-3-2-4-6-16)10-18(24)22(21)35-20-8-7-17(27(30)31)12-19(20)28(32)33/h2-12H,1H3,(H,26,29)/b15-9-. The number of nitrogens with one attached hydrogen (secondary N) is 1. The van der Waals surface area contributed by atoms with E-state index in [-0.39, 0.29) is 27.3 Å². The number of benzene rings is 3. The zero-order valence-electron chi connectivity index (χ0n) is 17.9. The van der Waals surface area contributed by atoms with Crippen LogP contribution in [0.4, 0.5) is 17.1 Å². The third-order valence-corrected chi connectivity index (χ3v) is 5.11. The molecule has 12 heteroatoms. The van der Waals surface area contributed by atoms with E-state index >= 15 is 0 Å². The summed E-state index contributed by atoms with van der Waals surface area (Å²) in [6.07, 6.45) is 1.34. The summed E-state index contributed by atoms with van der Waals surface area (Å²) < 4.78 is 11.3. The summed E-state index contributed by atoms with van der Waals surface area (Å²) in [5.74, 6) is -0.689. The third kappa shape index (κ3) is 5.98. The molecule has 3 aromatic rings. The van der Waals surface area contributed by atoms with E-state index in [4.69, 9.17) is 9.47 Å². The van der Waals surface area contributed by atoms with Gasteiger partial charge in [-0.15, -0.1) is 0 Å². The average Bonchev–Trinajstić information content (AvgIpc) is 2.84. The monoisotopic (exact) mass is 538 g/mol. The molecule has 0 aliphatic carbocycles. The zero-order chi connectivity index (χ0) is 25.5. The molecule has 0 atom stereocenters. The summed E-state index contributed by atoms with van der Waals surface area (Å²) in [4.78, 5) is 33.3. The van der Waals surface area contributed by atoms with Gasteiger partial charge in [-0.25, -0.2) is 0 Å².